The molecular weight excluding hydrogens is 382 g/mol. The van der Waals surface area contributed by atoms with Crippen LogP contribution >= 0.6 is 0 Å². The molecule has 0 spiro atoms. The van der Waals surface area contributed by atoms with Gasteiger partial charge in [-0.3, -0.25) is 15.4 Å². The molecule has 0 bridgehead atoms. The summed E-state index contributed by atoms with van der Waals surface area (Å²) in [5, 5.41) is 9.01. The van der Waals surface area contributed by atoms with Gasteiger partial charge in [-0.2, -0.15) is 0 Å². The van der Waals surface area contributed by atoms with Crippen molar-refractivity contribution in [1.82, 2.24) is 10.6 Å². The molecule has 6 N–H and O–H groups in total. The second-order valence-electron chi connectivity index (χ2n) is 9.05. The molecule has 0 fully saturated rings. The molecular formula is C22H39N5O3. The number of benzene rings is 1. The molecule has 1 rings (SSSR count). The van der Waals surface area contributed by atoms with Crippen molar-refractivity contribution in [2.24, 2.45) is 5.84 Å². The Morgan fingerprint density at radius 1 is 1.03 bits per heavy atom. The molecule has 0 aliphatic heterocycles. The molecule has 1 atom stereocenters. The summed E-state index contributed by atoms with van der Waals surface area (Å²) in [6, 6.07) is 7.13. The van der Waals surface area contributed by atoms with E-state index < -0.39 is 11.1 Å². The Balaban J connectivity index is 2.55. The molecule has 0 saturated carbocycles. The van der Waals surface area contributed by atoms with Crippen LogP contribution in [0.5, 0.6) is 0 Å². The van der Waals surface area contributed by atoms with Crippen molar-refractivity contribution in [2.75, 3.05) is 24.4 Å². The molecule has 8 nitrogen and oxygen atoms in total. The molecule has 1 aromatic rings. The predicted molar refractivity (Wildman–Crippen MR) is 122 cm³/mol. The van der Waals surface area contributed by atoms with E-state index in [4.69, 9.17) is 10.6 Å². The van der Waals surface area contributed by atoms with Gasteiger partial charge in [-0.15, -0.1) is 0 Å². The molecule has 0 radical (unpaired) electrons. The van der Waals surface area contributed by atoms with Gasteiger partial charge in [0.25, 0.3) is 0 Å². The first-order chi connectivity index (χ1) is 13.9. The van der Waals surface area contributed by atoms with E-state index >= 15 is 0 Å². The number of hydrazine groups is 1. The van der Waals surface area contributed by atoms with Crippen molar-refractivity contribution in [2.45, 2.75) is 77.5 Å². The summed E-state index contributed by atoms with van der Waals surface area (Å²) in [7, 11) is 1.77. The number of hydrogen-bond donors (Lipinski definition) is 5. The van der Waals surface area contributed by atoms with Gasteiger partial charge in [0.15, 0.2) is 0 Å². The van der Waals surface area contributed by atoms with Gasteiger partial charge in [0.05, 0.1) is 17.6 Å². The number of rotatable bonds is 12. The maximum Gasteiger partial charge on any atom is 0.240 e. The van der Waals surface area contributed by atoms with Gasteiger partial charge in [0.2, 0.25) is 11.8 Å². The zero-order chi connectivity index (χ0) is 23.0. The summed E-state index contributed by atoms with van der Waals surface area (Å²) in [6.45, 7) is 11.9. The first-order valence-corrected chi connectivity index (χ1v) is 10.4. The molecule has 1 aromatic carbocycles. The number of hydrogen-bond acceptors (Lipinski definition) is 6. The summed E-state index contributed by atoms with van der Waals surface area (Å²) in [4.78, 5) is 24.9. The normalized spacial score (nSPS) is 14.0. The van der Waals surface area contributed by atoms with Crippen LogP contribution in [0, 0.1) is 0 Å². The lowest BCUT2D eigenvalue weighted by molar-refractivity contribution is -0.128. The minimum absolute atomic E-state index is 0.0520. The second-order valence-corrected chi connectivity index (χ2v) is 9.05. The van der Waals surface area contributed by atoms with Crippen LogP contribution in [0.15, 0.2) is 24.3 Å². The molecule has 30 heavy (non-hydrogen) atoms. The minimum Gasteiger partial charge on any atom is -0.375 e. The number of ether oxygens (including phenoxy) is 1. The summed E-state index contributed by atoms with van der Waals surface area (Å²) < 4.78 is 6.01. The predicted octanol–water partition coefficient (Wildman–Crippen LogP) is 2.77. The van der Waals surface area contributed by atoms with E-state index in [0.29, 0.717) is 18.7 Å². The van der Waals surface area contributed by atoms with Crippen LogP contribution in [0.4, 0.5) is 11.4 Å². The number of nitrogen functional groups attached to an aromatic ring is 1. The zero-order valence-corrected chi connectivity index (χ0v) is 19.4. The fourth-order valence-electron chi connectivity index (χ4n) is 2.72. The Kier molecular flexibility index (Phi) is 9.27. The third-order valence-corrected chi connectivity index (χ3v) is 5.46. The number of anilines is 2. The fourth-order valence-corrected chi connectivity index (χ4v) is 2.72. The van der Waals surface area contributed by atoms with E-state index in [1.165, 1.54) is 0 Å². The van der Waals surface area contributed by atoms with Gasteiger partial charge >= 0.3 is 0 Å². The Bertz CT molecular complexity index is 703. The zero-order valence-electron chi connectivity index (χ0n) is 19.4. The Morgan fingerprint density at radius 3 is 2.10 bits per heavy atom. The SMILES string of the molecule is CCC(C)(CCOC(C)(C)CC(=O)Nc1ccc(NN)cc1)NC(=O)C(C)(C)NC. The lowest BCUT2D eigenvalue weighted by Crippen LogP contribution is -2.57. The third-order valence-electron chi connectivity index (χ3n) is 5.46. The van der Waals surface area contributed by atoms with Gasteiger partial charge in [-0.1, -0.05) is 6.92 Å². The Labute approximate surface area is 180 Å². The molecule has 0 heterocycles. The van der Waals surface area contributed by atoms with Crippen molar-refractivity contribution < 1.29 is 14.3 Å². The van der Waals surface area contributed by atoms with E-state index in [1.807, 2.05) is 41.5 Å². The lowest BCUT2D eigenvalue weighted by Gasteiger charge is -2.35. The van der Waals surface area contributed by atoms with Crippen LogP contribution in [0.3, 0.4) is 0 Å². The Hall–Kier alpha value is -2.16. The van der Waals surface area contributed by atoms with Crippen LogP contribution in [0.25, 0.3) is 0 Å². The van der Waals surface area contributed by atoms with Crippen LogP contribution in [-0.2, 0) is 14.3 Å². The van der Waals surface area contributed by atoms with Gasteiger partial charge in [0, 0.05) is 23.5 Å². The standard InChI is InChI=1S/C22H39N5O3/c1-8-22(6,26-19(29)21(4,5)24-7)13-14-30-20(2,3)15-18(28)25-16-9-11-17(27-23)12-10-16/h9-12,24,27H,8,13-15,23H2,1-7H3,(H,25,28)(H,26,29). The highest BCUT2D eigenvalue weighted by Gasteiger charge is 2.32. The fraction of sp³-hybridized carbons (Fsp3) is 0.636. The average Bonchev–Trinajstić information content (AvgIpc) is 2.67. The highest BCUT2D eigenvalue weighted by Crippen LogP contribution is 2.21. The van der Waals surface area contributed by atoms with Gasteiger partial charge in [-0.05, 0) is 78.8 Å². The highest BCUT2D eigenvalue weighted by atomic mass is 16.5. The third kappa shape index (κ3) is 8.30. The number of nitrogens with two attached hydrogens (primary N) is 1. The van der Waals surface area contributed by atoms with E-state index in [9.17, 15) is 9.59 Å². The van der Waals surface area contributed by atoms with Gasteiger partial charge < -0.3 is 26.1 Å². The van der Waals surface area contributed by atoms with Crippen LogP contribution in [0.2, 0.25) is 0 Å². The maximum absolute atomic E-state index is 12.5. The van der Waals surface area contributed by atoms with Crippen LogP contribution in [0.1, 0.15) is 60.8 Å². The summed E-state index contributed by atoms with van der Waals surface area (Å²) in [5.41, 5.74) is 2.34. The quantitative estimate of drug-likeness (QED) is 0.262. The number of amides is 2. The maximum atomic E-state index is 12.5. The smallest absolute Gasteiger partial charge is 0.240 e. The van der Waals surface area contributed by atoms with Crippen molar-refractivity contribution in [3.63, 3.8) is 0 Å². The number of nitrogens with one attached hydrogen (secondary N) is 4. The lowest BCUT2D eigenvalue weighted by atomic mass is 9.92. The molecule has 0 saturated heterocycles. The van der Waals surface area contributed by atoms with E-state index in [2.05, 4.69) is 21.4 Å². The molecule has 8 heteroatoms. The first kappa shape index (κ1) is 25.9. The monoisotopic (exact) mass is 421 g/mol. The number of likely N-dealkylation sites (N-methyl/N-ethyl adjacent to an activating group) is 1. The van der Waals surface area contributed by atoms with Crippen LogP contribution < -0.4 is 27.2 Å². The Morgan fingerprint density at radius 2 is 1.60 bits per heavy atom. The summed E-state index contributed by atoms with van der Waals surface area (Å²) >= 11 is 0. The molecule has 0 aromatic heterocycles. The molecule has 2 amide bonds. The molecule has 0 aliphatic rings. The molecule has 0 aliphatic carbocycles. The number of carbonyl (C=O) groups excluding carboxylic acids is 2. The van der Waals surface area contributed by atoms with Crippen molar-refractivity contribution >= 4 is 23.2 Å². The van der Waals surface area contributed by atoms with Crippen molar-refractivity contribution in [3.05, 3.63) is 24.3 Å². The average molecular weight is 422 g/mol. The van der Waals surface area contributed by atoms with Gasteiger partial charge in [0.1, 0.15) is 0 Å². The summed E-state index contributed by atoms with van der Waals surface area (Å²) in [6.07, 6.45) is 1.63. The first-order valence-electron chi connectivity index (χ1n) is 10.4. The van der Waals surface area contributed by atoms with E-state index in [0.717, 1.165) is 12.1 Å². The highest BCUT2D eigenvalue weighted by molar-refractivity contribution is 5.91. The topological polar surface area (TPSA) is 118 Å². The number of carbonyl (C=O) groups is 2. The molecule has 170 valence electrons. The van der Waals surface area contributed by atoms with Crippen molar-refractivity contribution in [1.29, 1.82) is 0 Å². The van der Waals surface area contributed by atoms with E-state index in [1.54, 1.807) is 31.3 Å². The summed E-state index contributed by atoms with van der Waals surface area (Å²) in [5.74, 6) is 5.17. The minimum atomic E-state index is -0.646. The van der Waals surface area contributed by atoms with Gasteiger partial charge in [-0.25, -0.2) is 0 Å². The van der Waals surface area contributed by atoms with Crippen LogP contribution in [-0.4, -0.2) is 42.1 Å². The van der Waals surface area contributed by atoms with E-state index in [-0.39, 0.29) is 23.8 Å². The second kappa shape index (κ2) is 10.7. The largest absolute Gasteiger partial charge is 0.375 e. The van der Waals surface area contributed by atoms with Crippen molar-refractivity contribution in [3.8, 4) is 0 Å². The molecule has 1 unspecified atom stereocenters.